The molecule has 9 heteroatoms. The van der Waals surface area contributed by atoms with E-state index >= 15 is 0 Å². The van der Waals surface area contributed by atoms with Gasteiger partial charge in [0, 0.05) is 20.6 Å². The summed E-state index contributed by atoms with van der Waals surface area (Å²) in [6.45, 7) is 0.0127. The summed E-state index contributed by atoms with van der Waals surface area (Å²) >= 11 is 0. The van der Waals surface area contributed by atoms with Gasteiger partial charge < -0.3 is 10.1 Å². The lowest BCUT2D eigenvalue weighted by Crippen LogP contribution is -2.46. The second-order valence-electron chi connectivity index (χ2n) is 6.57. The number of nitrogens with one attached hydrogen (secondary N) is 1. The van der Waals surface area contributed by atoms with Crippen molar-refractivity contribution in [1.29, 1.82) is 0 Å². The summed E-state index contributed by atoms with van der Waals surface area (Å²) in [6, 6.07) is 12.6. The number of methoxy groups -OCH3 is 1. The fourth-order valence-electron chi connectivity index (χ4n) is 2.61. The lowest BCUT2D eigenvalue weighted by atomic mass is 10.1. The molecule has 0 radical (unpaired) electrons. The minimum Gasteiger partial charge on any atom is -0.497 e. The number of nitrogens with zero attached hydrogens (tertiary/aromatic N) is 2. The van der Waals surface area contributed by atoms with Crippen LogP contribution in [0.25, 0.3) is 0 Å². The molecule has 2 aromatic carbocycles. The zero-order chi connectivity index (χ0) is 21.4. The van der Waals surface area contributed by atoms with Crippen molar-refractivity contribution in [3.8, 4) is 5.75 Å². The van der Waals surface area contributed by atoms with E-state index in [9.17, 15) is 17.6 Å². The molecule has 158 valence electrons. The molecular weight excluding hydrogens is 397 g/mol. The van der Waals surface area contributed by atoms with Crippen molar-refractivity contribution in [1.82, 2.24) is 9.62 Å². The second kappa shape index (κ2) is 10.2. The van der Waals surface area contributed by atoms with E-state index < -0.39 is 28.5 Å². The number of carbonyl (C=O) groups excluding carboxylic acids is 1. The number of hydrogen-bond donors (Lipinski definition) is 1. The van der Waals surface area contributed by atoms with Gasteiger partial charge in [-0.15, -0.1) is 0 Å². The van der Waals surface area contributed by atoms with Crippen molar-refractivity contribution in [3.05, 3.63) is 59.9 Å². The Hall–Kier alpha value is -2.65. The lowest BCUT2D eigenvalue weighted by Gasteiger charge is -2.26. The highest BCUT2D eigenvalue weighted by molar-refractivity contribution is 7.90. The van der Waals surface area contributed by atoms with Crippen molar-refractivity contribution < 1.29 is 22.3 Å². The number of hydrogen-bond acceptors (Lipinski definition) is 4. The van der Waals surface area contributed by atoms with Crippen LogP contribution >= 0.6 is 0 Å². The molecule has 29 heavy (non-hydrogen) atoms. The quantitative estimate of drug-likeness (QED) is 0.594. The molecule has 0 bridgehead atoms. The SMILES string of the molecule is COc1ccc(CCCNC(=O)CN(c2ccc(F)cc2)S(=O)(=O)N(C)C)cc1. The molecule has 0 heterocycles. The van der Waals surface area contributed by atoms with Crippen LogP contribution in [0.2, 0.25) is 0 Å². The van der Waals surface area contributed by atoms with Crippen molar-refractivity contribution in [2.45, 2.75) is 12.8 Å². The van der Waals surface area contributed by atoms with Crippen LogP contribution < -0.4 is 14.4 Å². The van der Waals surface area contributed by atoms with Gasteiger partial charge in [0.15, 0.2) is 0 Å². The number of rotatable bonds is 10. The number of benzene rings is 2. The Morgan fingerprint density at radius 2 is 1.69 bits per heavy atom. The molecule has 1 amide bonds. The van der Waals surface area contributed by atoms with E-state index in [1.807, 2.05) is 24.3 Å². The zero-order valence-electron chi connectivity index (χ0n) is 16.8. The van der Waals surface area contributed by atoms with Crippen LogP contribution in [0.4, 0.5) is 10.1 Å². The van der Waals surface area contributed by atoms with Crippen LogP contribution in [-0.2, 0) is 21.4 Å². The summed E-state index contributed by atoms with van der Waals surface area (Å²) in [5.41, 5.74) is 1.33. The maximum atomic E-state index is 13.2. The Morgan fingerprint density at radius 1 is 1.07 bits per heavy atom. The Morgan fingerprint density at radius 3 is 2.24 bits per heavy atom. The van der Waals surface area contributed by atoms with E-state index in [1.165, 1.54) is 26.2 Å². The Kier molecular flexibility index (Phi) is 7.98. The molecule has 0 aliphatic carbocycles. The minimum absolute atomic E-state index is 0.216. The third kappa shape index (κ3) is 6.43. The van der Waals surface area contributed by atoms with Gasteiger partial charge in [0.05, 0.1) is 12.8 Å². The molecule has 0 aliphatic heterocycles. The molecule has 0 aliphatic rings. The fourth-order valence-corrected chi connectivity index (χ4v) is 3.67. The first-order valence-corrected chi connectivity index (χ1v) is 10.5. The molecule has 2 rings (SSSR count). The first kappa shape index (κ1) is 22.6. The predicted molar refractivity (Wildman–Crippen MR) is 111 cm³/mol. The highest BCUT2D eigenvalue weighted by atomic mass is 32.2. The zero-order valence-corrected chi connectivity index (χ0v) is 17.6. The highest BCUT2D eigenvalue weighted by Gasteiger charge is 2.27. The molecule has 0 atom stereocenters. The molecule has 0 fully saturated rings. The molecule has 1 N–H and O–H groups in total. The van der Waals surface area contributed by atoms with Crippen LogP contribution in [0.5, 0.6) is 5.75 Å². The van der Waals surface area contributed by atoms with Gasteiger partial charge in [0.2, 0.25) is 5.91 Å². The molecular formula is C20H26FN3O4S. The Bertz CT molecular complexity index is 900. The van der Waals surface area contributed by atoms with E-state index in [4.69, 9.17) is 4.74 Å². The van der Waals surface area contributed by atoms with Gasteiger partial charge >= 0.3 is 10.2 Å². The molecule has 0 saturated heterocycles. The van der Waals surface area contributed by atoms with Gasteiger partial charge in [-0.05, 0) is 54.8 Å². The van der Waals surface area contributed by atoms with Gasteiger partial charge in [0.1, 0.15) is 18.1 Å². The maximum Gasteiger partial charge on any atom is 0.304 e. The number of carbonyl (C=O) groups is 1. The van der Waals surface area contributed by atoms with E-state index in [-0.39, 0.29) is 5.69 Å². The fraction of sp³-hybridized carbons (Fsp3) is 0.350. The number of aryl methyl sites for hydroxylation is 1. The summed E-state index contributed by atoms with van der Waals surface area (Å²) in [6.07, 6.45) is 1.47. The topological polar surface area (TPSA) is 79.0 Å². The summed E-state index contributed by atoms with van der Waals surface area (Å²) in [5, 5.41) is 2.74. The van der Waals surface area contributed by atoms with E-state index in [0.29, 0.717) is 13.0 Å². The molecule has 0 aromatic heterocycles. The highest BCUT2D eigenvalue weighted by Crippen LogP contribution is 2.19. The smallest absolute Gasteiger partial charge is 0.304 e. The van der Waals surface area contributed by atoms with Gasteiger partial charge in [-0.25, -0.2) is 8.70 Å². The summed E-state index contributed by atoms with van der Waals surface area (Å²) in [5.74, 6) is -0.140. The van der Waals surface area contributed by atoms with Crippen molar-refractivity contribution >= 4 is 21.8 Å². The minimum atomic E-state index is -3.91. The summed E-state index contributed by atoms with van der Waals surface area (Å²) < 4.78 is 45.4. The molecule has 7 nitrogen and oxygen atoms in total. The maximum absolute atomic E-state index is 13.2. The first-order valence-electron chi connectivity index (χ1n) is 9.09. The molecule has 0 saturated carbocycles. The molecule has 0 spiro atoms. The van der Waals surface area contributed by atoms with Crippen LogP contribution in [0.3, 0.4) is 0 Å². The normalized spacial score (nSPS) is 11.3. The van der Waals surface area contributed by atoms with Gasteiger partial charge in [-0.3, -0.25) is 4.79 Å². The average molecular weight is 424 g/mol. The second-order valence-corrected chi connectivity index (χ2v) is 8.64. The third-order valence-electron chi connectivity index (χ3n) is 4.27. The monoisotopic (exact) mass is 423 g/mol. The third-order valence-corrected chi connectivity index (χ3v) is 6.09. The van der Waals surface area contributed by atoms with Crippen molar-refractivity contribution in [3.63, 3.8) is 0 Å². The standard InChI is InChI=1S/C20H26FN3O4S/c1-23(2)29(26,27)24(18-10-8-17(21)9-11-18)15-20(25)22-14-4-5-16-6-12-19(28-3)13-7-16/h6-13H,4-5,14-15H2,1-3H3,(H,22,25). The Labute approximate surface area is 171 Å². The van der Waals surface area contributed by atoms with Crippen LogP contribution in [-0.4, -0.2) is 52.9 Å². The first-order chi connectivity index (χ1) is 13.7. The van der Waals surface area contributed by atoms with Gasteiger partial charge in [-0.1, -0.05) is 12.1 Å². The predicted octanol–water partition coefficient (Wildman–Crippen LogP) is 2.20. The molecule has 0 unspecified atom stereocenters. The van der Waals surface area contributed by atoms with E-state index in [0.717, 1.165) is 38.5 Å². The van der Waals surface area contributed by atoms with Crippen LogP contribution in [0.1, 0.15) is 12.0 Å². The Balaban J connectivity index is 1.94. The number of anilines is 1. The number of amides is 1. The summed E-state index contributed by atoms with van der Waals surface area (Å²) in [7, 11) is 0.446. The van der Waals surface area contributed by atoms with Crippen molar-refractivity contribution in [2.24, 2.45) is 0 Å². The summed E-state index contributed by atoms with van der Waals surface area (Å²) in [4.78, 5) is 12.3. The van der Waals surface area contributed by atoms with E-state index in [1.54, 1.807) is 7.11 Å². The number of halogens is 1. The van der Waals surface area contributed by atoms with Gasteiger partial charge in [-0.2, -0.15) is 12.7 Å². The number of ether oxygens (including phenoxy) is 1. The molecule has 2 aromatic rings. The largest absolute Gasteiger partial charge is 0.497 e. The average Bonchev–Trinajstić information content (AvgIpc) is 2.70. The van der Waals surface area contributed by atoms with E-state index in [2.05, 4.69) is 5.32 Å². The van der Waals surface area contributed by atoms with Gasteiger partial charge in [0.25, 0.3) is 0 Å². The van der Waals surface area contributed by atoms with Crippen molar-refractivity contribution in [2.75, 3.05) is 38.6 Å². The van der Waals surface area contributed by atoms with Crippen LogP contribution in [0.15, 0.2) is 48.5 Å². The lowest BCUT2D eigenvalue weighted by molar-refractivity contribution is -0.119. The van der Waals surface area contributed by atoms with Crippen LogP contribution in [0, 0.1) is 5.82 Å².